The second-order valence-corrected chi connectivity index (χ2v) is 8.94. The van der Waals surface area contributed by atoms with E-state index in [0.29, 0.717) is 22.8 Å². The van der Waals surface area contributed by atoms with Crippen LogP contribution in [0.15, 0.2) is 12.1 Å². The first-order valence-corrected chi connectivity index (χ1v) is 10.4. The van der Waals surface area contributed by atoms with Gasteiger partial charge in [-0.15, -0.1) is 0 Å². The number of nitrogens with zero attached hydrogens (tertiary/aromatic N) is 1. The van der Waals surface area contributed by atoms with Gasteiger partial charge in [-0.2, -0.15) is 0 Å². The maximum absolute atomic E-state index is 13.4. The average molecular weight is 404 g/mol. The fourth-order valence-corrected chi connectivity index (χ4v) is 5.41. The maximum Gasteiger partial charge on any atom is 0.250 e. The number of carbonyl (C=O) groups excluding carboxylic acids is 3. The summed E-state index contributed by atoms with van der Waals surface area (Å²) in [7, 11) is 0. The van der Waals surface area contributed by atoms with Gasteiger partial charge in [0.25, 0.3) is 0 Å². The minimum atomic E-state index is -1.25. The molecule has 0 bridgehead atoms. The van der Waals surface area contributed by atoms with Crippen molar-refractivity contribution < 1.29 is 14.4 Å². The molecule has 2 fully saturated rings. The lowest BCUT2D eigenvalue weighted by atomic mass is 9.75. The minimum Gasteiger partial charge on any atom is -0.324 e. The van der Waals surface area contributed by atoms with Gasteiger partial charge in [0.05, 0.1) is 11.8 Å². The van der Waals surface area contributed by atoms with Gasteiger partial charge in [-0.05, 0) is 37.0 Å². The molecule has 0 aliphatic carbocycles. The van der Waals surface area contributed by atoms with Gasteiger partial charge in [0.2, 0.25) is 17.7 Å². The van der Waals surface area contributed by atoms with E-state index in [1.54, 1.807) is 12.1 Å². The van der Waals surface area contributed by atoms with Crippen LogP contribution in [0.4, 0.5) is 5.69 Å². The van der Waals surface area contributed by atoms with Crippen molar-refractivity contribution in [2.75, 3.05) is 11.9 Å². The Hall–Kier alpha value is -1.92. The molecule has 6 nitrogen and oxygen atoms in total. The lowest BCUT2D eigenvalue weighted by Crippen LogP contribution is -2.54. The van der Waals surface area contributed by atoms with Crippen molar-refractivity contribution in [3.63, 3.8) is 0 Å². The molecule has 4 rings (SSSR count). The van der Waals surface area contributed by atoms with Gasteiger partial charge >= 0.3 is 0 Å². The van der Waals surface area contributed by atoms with E-state index in [2.05, 4.69) is 10.6 Å². The molecule has 4 atom stereocenters. The molecule has 28 heavy (non-hydrogen) atoms. The third-order valence-corrected chi connectivity index (χ3v) is 6.68. The van der Waals surface area contributed by atoms with Crippen LogP contribution < -0.4 is 10.6 Å². The molecular weight excluding hydrogens is 378 g/mol. The number of halogens is 1. The molecule has 4 unspecified atom stereocenters. The highest BCUT2D eigenvalue weighted by Crippen LogP contribution is 2.54. The fourth-order valence-electron chi connectivity index (χ4n) is 5.14. The zero-order valence-corrected chi connectivity index (χ0v) is 17.4. The van der Waals surface area contributed by atoms with Crippen LogP contribution >= 0.6 is 11.6 Å². The van der Waals surface area contributed by atoms with Gasteiger partial charge < -0.3 is 5.32 Å². The molecule has 2 saturated heterocycles. The largest absolute Gasteiger partial charge is 0.324 e. The molecule has 1 aromatic rings. The Bertz CT molecular complexity index is 884. The van der Waals surface area contributed by atoms with Crippen molar-refractivity contribution in [3.05, 3.63) is 28.3 Å². The zero-order valence-electron chi connectivity index (χ0n) is 16.6. The second kappa shape index (κ2) is 6.56. The Kier molecular flexibility index (Phi) is 4.55. The second-order valence-electron chi connectivity index (χ2n) is 8.51. The number of anilines is 1. The lowest BCUT2D eigenvalue weighted by Gasteiger charge is -2.30. The highest BCUT2D eigenvalue weighted by Gasteiger charge is 2.70. The summed E-state index contributed by atoms with van der Waals surface area (Å²) in [5.74, 6) is -1.88. The summed E-state index contributed by atoms with van der Waals surface area (Å²) in [6.07, 6.45) is 1.65. The number of aryl methyl sites for hydroxylation is 1. The molecule has 1 spiro atoms. The average Bonchev–Trinajstić information content (AvgIpc) is 3.21. The summed E-state index contributed by atoms with van der Waals surface area (Å²) in [4.78, 5) is 41.3. The number of fused-ring (bicyclic) bond motifs is 4. The summed E-state index contributed by atoms with van der Waals surface area (Å²) in [5, 5.41) is 6.89. The zero-order chi connectivity index (χ0) is 20.4. The Morgan fingerprint density at radius 3 is 2.57 bits per heavy atom. The predicted octanol–water partition coefficient (Wildman–Crippen LogP) is 2.82. The van der Waals surface area contributed by atoms with E-state index in [1.807, 2.05) is 27.7 Å². The lowest BCUT2D eigenvalue weighted by molar-refractivity contribution is -0.143. The summed E-state index contributed by atoms with van der Waals surface area (Å²) >= 11 is 6.31. The van der Waals surface area contributed by atoms with E-state index >= 15 is 0 Å². The molecule has 7 heteroatoms. The fraction of sp³-hybridized carbons (Fsp3) is 0.571. The number of benzene rings is 1. The van der Waals surface area contributed by atoms with Crippen LogP contribution in [-0.4, -0.2) is 35.2 Å². The summed E-state index contributed by atoms with van der Waals surface area (Å²) in [6, 6.07) is 3.28. The first-order valence-electron chi connectivity index (χ1n) is 9.99. The highest BCUT2D eigenvalue weighted by molar-refractivity contribution is 6.31. The van der Waals surface area contributed by atoms with E-state index in [0.717, 1.165) is 18.4 Å². The SMILES string of the molecule is CCCCN1C(=O)C2C(C(C)C)NC3(C(=O)Nc4c(C)cc(Cl)cc43)C2C1=O. The number of unbranched alkanes of at least 4 members (excludes halogenated alkanes) is 1. The summed E-state index contributed by atoms with van der Waals surface area (Å²) in [6.45, 7) is 8.34. The van der Waals surface area contributed by atoms with Crippen LogP contribution in [0.2, 0.25) is 5.02 Å². The number of hydrogen-bond donors (Lipinski definition) is 2. The monoisotopic (exact) mass is 403 g/mol. The number of hydrogen-bond acceptors (Lipinski definition) is 4. The summed E-state index contributed by atoms with van der Waals surface area (Å²) < 4.78 is 0. The van der Waals surface area contributed by atoms with Crippen molar-refractivity contribution in [2.24, 2.45) is 17.8 Å². The molecule has 3 heterocycles. The van der Waals surface area contributed by atoms with Gasteiger partial charge in [0, 0.05) is 28.9 Å². The quantitative estimate of drug-likeness (QED) is 0.758. The predicted molar refractivity (Wildman–Crippen MR) is 107 cm³/mol. The van der Waals surface area contributed by atoms with Crippen LogP contribution in [0.3, 0.4) is 0 Å². The number of rotatable bonds is 4. The third kappa shape index (κ3) is 2.40. The van der Waals surface area contributed by atoms with Gasteiger partial charge in [-0.25, -0.2) is 0 Å². The van der Waals surface area contributed by atoms with Gasteiger partial charge in [-0.3, -0.25) is 24.6 Å². The Morgan fingerprint density at radius 2 is 1.93 bits per heavy atom. The minimum absolute atomic E-state index is 0.0897. The Morgan fingerprint density at radius 1 is 1.21 bits per heavy atom. The van der Waals surface area contributed by atoms with E-state index in [-0.39, 0.29) is 29.7 Å². The number of likely N-dealkylation sites (tertiary alicyclic amines) is 1. The van der Waals surface area contributed by atoms with Gasteiger partial charge in [-0.1, -0.05) is 38.8 Å². The first-order chi connectivity index (χ1) is 13.2. The number of amides is 3. The molecule has 0 aromatic heterocycles. The molecular formula is C21H26ClN3O3. The molecule has 150 valence electrons. The summed E-state index contributed by atoms with van der Waals surface area (Å²) in [5.41, 5.74) is 0.966. The van der Waals surface area contributed by atoms with E-state index in [4.69, 9.17) is 11.6 Å². The van der Waals surface area contributed by atoms with Crippen molar-refractivity contribution in [1.82, 2.24) is 10.2 Å². The normalized spacial score (nSPS) is 31.1. The van der Waals surface area contributed by atoms with E-state index < -0.39 is 17.4 Å². The van der Waals surface area contributed by atoms with Crippen LogP contribution in [0.1, 0.15) is 44.7 Å². The highest BCUT2D eigenvalue weighted by atomic mass is 35.5. The molecule has 2 N–H and O–H groups in total. The number of carbonyl (C=O) groups is 3. The van der Waals surface area contributed by atoms with Gasteiger partial charge in [0.1, 0.15) is 5.54 Å². The van der Waals surface area contributed by atoms with E-state index in [9.17, 15) is 14.4 Å². The van der Waals surface area contributed by atoms with Crippen LogP contribution in [0, 0.1) is 24.7 Å². The number of nitrogens with one attached hydrogen (secondary N) is 2. The molecule has 1 aromatic carbocycles. The molecule has 3 amide bonds. The van der Waals surface area contributed by atoms with E-state index in [1.165, 1.54) is 4.90 Å². The van der Waals surface area contributed by atoms with Crippen molar-refractivity contribution in [3.8, 4) is 0 Å². The third-order valence-electron chi connectivity index (χ3n) is 6.47. The molecule has 3 aliphatic heterocycles. The van der Waals surface area contributed by atoms with Crippen molar-refractivity contribution >= 4 is 35.0 Å². The standard InChI is InChI=1S/C21H26ClN3O3/c1-5-6-7-25-18(26)14-15(19(25)27)21(24-16(14)10(2)3)13-9-12(22)8-11(4)17(13)23-20(21)28/h8-10,14-16,24H,5-7H2,1-4H3,(H,23,28). The van der Waals surface area contributed by atoms with Crippen LogP contribution in [0.5, 0.6) is 0 Å². The smallest absolute Gasteiger partial charge is 0.250 e. The molecule has 3 aliphatic rings. The van der Waals surface area contributed by atoms with Crippen LogP contribution in [-0.2, 0) is 19.9 Å². The number of imide groups is 1. The molecule has 0 saturated carbocycles. The first kappa shape index (κ1) is 19.4. The van der Waals surface area contributed by atoms with Crippen molar-refractivity contribution in [2.45, 2.75) is 52.1 Å². The maximum atomic E-state index is 13.4. The van der Waals surface area contributed by atoms with Gasteiger partial charge in [0.15, 0.2) is 0 Å². The topological polar surface area (TPSA) is 78.5 Å². The Balaban J connectivity index is 1.89. The Labute approximate surface area is 170 Å². The van der Waals surface area contributed by atoms with Crippen LogP contribution in [0.25, 0.3) is 0 Å². The van der Waals surface area contributed by atoms with Crippen molar-refractivity contribution in [1.29, 1.82) is 0 Å². The molecule has 0 radical (unpaired) electrons.